The number of carbonyl (C=O) groups is 5. The van der Waals surface area contributed by atoms with Gasteiger partial charge in [0.2, 0.25) is 23.6 Å². The maximum atomic E-state index is 14.6. The summed E-state index contributed by atoms with van der Waals surface area (Å²) in [5.74, 6) is -6.93. The van der Waals surface area contributed by atoms with Crippen LogP contribution < -0.4 is 14.5 Å². The lowest BCUT2D eigenvalue weighted by molar-refractivity contribution is -0.131. The van der Waals surface area contributed by atoms with Crippen molar-refractivity contribution < 1.29 is 38.2 Å². The van der Waals surface area contributed by atoms with Gasteiger partial charge in [-0.25, -0.2) is 9.29 Å². The van der Waals surface area contributed by atoms with Crippen LogP contribution in [-0.2, 0) is 19.2 Å². The lowest BCUT2D eigenvalue weighted by Gasteiger charge is -2.49. The summed E-state index contributed by atoms with van der Waals surface area (Å²) in [7, 11) is 1.36. The molecule has 0 radical (unpaired) electrons. The van der Waals surface area contributed by atoms with Gasteiger partial charge in [-0.3, -0.25) is 28.9 Å². The molecule has 2 heterocycles. The number of hydrogen-bond acceptors (Lipinski definition) is 7. The van der Waals surface area contributed by atoms with Gasteiger partial charge in [-0.05, 0) is 92.8 Å². The van der Waals surface area contributed by atoms with Crippen LogP contribution in [0.15, 0.2) is 66.2 Å². The molecule has 6 unspecified atom stereocenters. The molecule has 0 spiro atoms. The third-order valence-corrected chi connectivity index (χ3v) is 11.1. The highest BCUT2D eigenvalue weighted by molar-refractivity contribution is 6.32. The summed E-state index contributed by atoms with van der Waals surface area (Å²) in [6.07, 6.45) is 2.19. The van der Waals surface area contributed by atoms with E-state index in [9.17, 15) is 33.5 Å². The number of ketones is 1. The number of methoxy groups -OCH3 is 1. The van der Waals surface area contributed by atoms with E-state index < -0.39 is 58.5 Å². The summed E-state index contributed by atoms with van der Waals surface area (Å²) >= 11 is 12.5. The van der Waals surface area contributed by atoms with Gasteiger partial charge < -0.3 is 9.84 Å². The smallest absolute Gasteiger partial charge is 0.241 e. The number of anilines is 2. The number of rotatable bonds is 5. The predicted molar refractivity (Wildman–Crippen MR) is 175 cm³/mol. The van der Waals surface area contributed by atoms with E-state index >= 15 is 0 Å². The second kappa shape index (κ2) is 11.3. The zero-order valence-corrected chi connectivity index (χ0v) is 27.5. The SMILES string of the molecule is COc1cc(C2C3=CCC4C(=O)N(c5ccc(C(C)=O)cc5)C(=O)C4C3CC3C(=O)N(c4ccc(F)c(Cl)c4)C(=O)C32C)cc(Cl)c1O. The largest absolute Gasteiger partial charge is 0.503 e. The molecule has 2 aliphatic carbocycles. The Morgan fingerprint density at radius 1 is 0.917 bits per heavy atom. The first-order valence-electron chi connectivity index (χ1n) is 15.4. The molecule has 6 atom stereocenters. The van der Waals surface area contributed by atoms with Crippen LogP contribution in [0.5, 0.6) is 11.5 Å². The van der Waals surface area contributed by atoms with Crippen LogP contribution >= 0.6 is 23.2 Å². The second-order valence-electron chi connectivity index (χ2n) is 12.9. The number of aromatic hydroxyl groups is 1. The summed E-state index contributed by atoms with van der Waals surface area (Å²) in [6.45, 7) is 3.11. The van der Waals surface area contributed by atoms with Crippen LogP contribution in [0, 0.1) is 34.9 Å². The van der Waals surface area contributed by atoms with Gasteiger partial charge in [0.15, 0.2) is 17.3 Å². The highest BCUT2D eigenvalue weighted by atomic mass is 35.5. The first-order valence-corrected chi connectivity index (χ1v) is 16.1. The summed E-state index contributed by atoms with van der Waals surface area (Å²) in [6, 6.07) is 12.9. The topological polar surface area (TPSA) is 121 Å². The maximum Gasteiger partial charge on any atom is 0.241 e. The fourth-order valence-corrected chi connectivity index (χ4v) is 8.68. The van der Waals surface area contributed by atoms with E-state index in [1.165, 1.54) is 32.2 Å². The Labute approximate surface area is 284 Å². The Hall–Kier alpha value is -4.54. The molecule has 12 heteroatoms. The molecule has 2 aliphatic heterocycles. The lowest BCUT2D eigenvalue weighted by atomic mass is 9.51. The number of Topliss-reactive ketones (excluding diaryl/α,β-unsaturated/α-hetero) is 1. The number of imide groups is 2. The van der Waals surface area contributed by atoms with Crippen LogP contribution in [-0.4, -0.2) is 41.6 Å². The molecule has 1 N–H and O–H groups in total. The number of amides is 4. The van der Waals surface area contributed by atoms with E-state index in [4.69, 9.17) is 27.9 Å². The summed E-state index contributed by atoms with van der Waals surface area (Å²) in [5.41, 5.74) is 0.651. The van der Waals surface area contributed by atoms with Gasteiger partial charge >= 0.3 is 0 Å². The van der Waals surface area contributed by atoms with Gasteiger partial charge in [0, 0.05) is 11.5 Å². The molecule has 4 aliphatic rings. The van der Waals surface area contributed by atoms with Crippen molar-refractivity contribution in [3.8, 4) is 11.5 Å². The van der Waals surface area contributed by atoms with Crippen molar-refractivity contribution in [1.82, 2.24) is 0 Å². The number of allylic oxidation sites excluding steroid dienone is 2. The number of ether oxygens (including phenoxy) is 1. The third kappa shape index (κ3) is 4.45. The molecule has 2 saturated heterocycles. The molecule has 4 amide bonds. The van der Waals surface area contributed by atoms with E-state index in [1.54, 1.807) is 37.3 Å². The number of benzene rings is 3. The Balaban J connectivity index is 1.37. The second-order valence-corrected chi connectivity index (χ2v) is 13.7. The van der Waals surface area contributed by atoms with Gasteiger partial charge in [-0.1, -0.05) is 34.9 Å². The van der Waals surface area contributed by atoms with E-state index in [0.29, 0.717) is 22.4 Å². The molecule has 1 saturated carbocycles. The number of halogens is 3. The monoisotopic (exact) mass is 690 g/mol. The third-order valence-electron chi connectivity index (χ3n) is 10.6. The Bertz CT molecular complexity index is 2000. The molecule has 3 aromatic rings. The minimum Gasteiger partial charge on any atom is -0.503 e. The number of carbonyl (C=O) groups excluding carboxylic acids is 5. The standard InChI is InChI=1S/C36H29Cl2FN2O7/c1-16(42)17-4-6-19(7-5-17)40-32(44)22-10-9-21-23(29(22)34(40)46)15-24-33(45)41(20-8-11-27(39)25(37)14-20)35(47)36(24,2)30(21)18-12-26(38)31(43)28(13-18)48-3/h4-9,11-14,22-24,29-30,43H,10,15H2,1-3H3. The molecule has 48 heavy (non-hydrogen) atoms. The van der Waals surface area contributed by atoms with Gasteiger partial charge in [0.1, 0.15) is 5.82 Å². The van der Waals surface area contributed by atoms with Crippen molar-refractivity contribution in [2.24, 2.45) is 29.1 Å². The quantitative estimate of drug-likeness (QED) is 0.185. The van der Waals surface area contributed by atoms with Gasteiger partial charge in [0.25, 0.3) is 0 Å². The van der Waals surface area contributed by atoms with Crippen molar-refractivity contribution in [2.45, 2.75) is 32.6 Å². The van der Waals surface area contributed by atoms with Crippen LogP contribution in [0.1, 0.15) is 48.5 Å². The zero-order valence-electron chi connectivity index (χ0n) is 26.0. The van der Waals surface area contributed by atoms with E-state index in [-0.39, 0.29) is 51.8 Å². The fraction of sp³-hybridized carbons (Fsp3) is 0.306. The van der Waals surface area contributed by atoms with Crippen LogP contribution in [0.3, 0.4) is 0 Å². The van der Waals surface area contributed by atoms with Crippen molar-refractivity contribution >= 4 is 64.0 Å². The highest BCUT2D eigenvalue weighted by Crippen LogP contribution is 2.64. The number of phenols is 1. The van der Waals surface area contributed by atoms with Crippen molar-refractivity contribution in [1.29, 1.82) is 0 Å². The number of fused-ring (bicyclic) bond motifs is 4. The van der Waals surface area contributed by atoms with Crippen LogP contribution in [0.4, 0.5) is 15.8 Å². The van der Waals surface area contributed by atoms with Crippen LogP contribution in [0.25, 0.3) is 0 Å². The molecule has 0 bridgehead atoms. The van der Waals surface area contributed by atoms with Gasteiger partial charge in [0.05, 0.1) is 51.7 Å². The first-order chi connectivity index (χ1) is 22.8. The van der Waals surface area contributed by atoms with Crippen molar-refractivity contribution in [2.75, 3.05) is 16.9 Å². The average molecular weight is 692 g/mol. The molecule has 246 valence electrons. The molecule has 3 aromatic carbocycles. The first kappa shape index (κ1) is 32.0. The molecule has 3 fully saturated rings. The average Bonchev–Trinajstić information content (AvgIpc) is 3.43. The van der Waals surface area contributed by atoms with Crippen molar-refractivity contribution in [3.05, 3.63) is 93.2 Å². The Morgan fingerprint density at radius 2 is 1.60 bits per heavy atom. The van der Waals surface area contributed by atoms with Gasteiger partial charge in [-0.2, -0.15) is 0 Å². The number of phenolic OH excluding ortho intramolecular Hbond substituents is 1. The fourth-order valence-electron chi connectivity index (χ4n) is 8.28. The lowest BCUT2D eigenvalue weighted by Crippen LogP contribution is -2.48. The number of nitrogens with zero attached hydrogens (tertiary/aromatic N) is 2. The Morgan fingerprint density at radius 3 is 2.25 bits per heavy atom. The Kier molecular flexibility index (Phi) is 7.52. The normalized spacial score (nSPS) is 27.9. The van der Waals surface area contributed by atoms with Crippen LogP contribution in [0.2, 0.25) is 10.0 Å². The maximum absolute atomic E-state index is 14.6. The van der Waals surface area contributed by atoms with E-state index in [2.05, 4.69) is 0 Å². The number of hydrogen-bond donors (Lipinski definition) is 1. The molecule has 7 rings (SSSR count). The van der Waals surface area contributed by atoms with E-state index in [0.717, 1.165) is 15.9 Å². The van der Waals surface area contributed by atoms with E-state index in [1.807, 2.05) is 6.08 Å². The molecule has 0 aromatic heterocycles. The zero-order chi connectivity index (χ0) is 34.4. The molecular weight excluding hydrogens is 662 g/mol. The molecular formula is C36H29Cl2FN2O7. The highest BCUT2D eigenvalue weighted by Gasteiger charge is 2.67. The summed E-state index contributed by atoms with van der Waals surface area (Å²) in [4.78, 5) is 71.0. The molecule has 9 nitrogen and oxygen atoms in total. The summed E-state index contributed by atoms with van der Waals surface area (Å²) in [5, 5.41) is 10.3. The predicted octanol–water partition coefficient (Wildman–Crippen LogP) is 6.48. The minimum atomic E-state index is -1.41. The summed E-state index contributed by atoms with van der Waals surface area (Å²) < 4.78 is 19.5. The van der Waals surface area contributed by atoms with Crippen molar-refractivity contribution in [3.63, 3.8) is 0 Å². The minimum absolute atomic E-state index is 0.0350. The van der Waals surface area contributed by atoms with Gasteiger partial charge in [-0.15, -0.1) is 0 Å².